The fraction of sp³-hybridized carbons (Fsp3) is 0.0476. The van der Waals surface area contributed by atoms with E-state index < -0.39 is 0 Å². The molecule has 0 radical (unpaired) electrons. The molecule has 0 unspecified atom stereocenters. The molecule has 1 aliphatic heterocycles. The van der Waals surface area contributed by atoms with Gasteiger partial charge in [-0.1, -0.05) is 78.4 Å². The van der Waals surface area contributed by atoms with Gasteiger partial charge in [-0.15, -0.1) is 15.3 Å². The van der Waals surface area contributed by atoms with Crippen LogP contribution in [0.4, 0.5) is 5.69 Å². The molecule has 0 N–H and O–H groups in total. The van der Waals surface area contributed by atoms with Crippen LogP contribution in [0, 0.1) is 6.92 Å². The summed E-state index contributed by atoms with van der Waals surface area (Å²) in [5.41, 5.74) is 4.35. The molecule has 0 bridgehead atoms. The zero-order valence-corrected chi connectivity index (χ0v) is 14.6. The van der Waals surface area contributed by atoms with Gasteiger partial charge in [0.25, 0.3) is 0 Å². The molecule has 0 spiro atoms. The number of rotatable bonds is 3. The minimum Gasteiger partial charge on any atom is -0.149 e. The predicted molar refractivity (Wildman–Crippen MR) is 107 cm³/mol. The van der Waals surface area contributed by atoms with Gasteiger partial charge in [-0.25, -0.2) is 0 Å². The lowest BCUT2D eigenvalue weighted by Crippen LogP contribution is -2.20. The molecule has 0 amide bonds. The van der Waals surface area contributed by atoms with Crippen molar-refractivity contribution in [1.29, 1.82) is 0 Å². The average Bonchev–Trinajstić information content (AvgIpc) is 2.69. The Morgan fingerprint density at radius 1 is 0.640 bits per heavy atom. The van der Waals surface area contributed by atoms with Gasteiger partial charge in [0, 0.05) is 11.1 Å². The molecular formula is C21H17N3S. The molecule has 0 fully saturated rings. The molecule has 3 aromatic carbocycles. The molecule has 122 valence electrons. The number of hydrogen-bond acceptors (Lipinski definition) is 4. The first-order valence-electron chi connectivity index (χ1n) is 8.12. The maximum Gasteiger partial charge on any atom is 0.132 e. The van der Waals surface area contributed by atoms with Crippen molar-refractivity contribution in [3.8, 4) is 0 Å². The number of anilines is 1. The summed E-state index contributed by atoms with van der Waals surface area (Å²) in [5, 5.41) is 13.1. The standard InChI is InChI=1S/C21H17N3S/c1-16-12-14-19(15-13-16)24-22-20(17-8-4-2-5-9-17)25-21(23-24)18-10-6-3-7-11-18/h2-15H,1H3. The quantitative estimate of drug-likeness (QED) is 0.648. The summed E-state index contributed by atoms with van der Waals surface area (Å²) in [6, 6.07) is 28.7. The van der Waals surface area contributed by atoms with E-state index in [9.17, 15) is 0 Å². The summed E-state index contributed by atoms with van der Waals surface area (Å²) in [5.74, 6) is 0. The third-order valence-electron chi connectivity index (χ3n) is 3.87. The van der Waals surface area contributed by atoms with E-state index in [2.05, 4.69) is 43.3 Å². The highest BCUT2D eigenvalue weighted by Gasteiger charge is 2.20. The highest BCUT2D eigenvalue weighted by Crippen LogP contribution is 2.28. The van der Waals surface area contributed by atoms with Gasteiger partial charge in [0.2, 0.25) is 0 Å². The van der Waals surface area contributed by atoms with Crippen molar-refractivity contribution >= 4 is 27.5 Å². The molecule has 1 aliphatic rings. The van der Waals surface area contributed by atoms with E-state index in [0.29, 0.717) is 0 Å². The largest absolute Gasteiger partial charge is 0.149 e. The SMILES string of the molecule is Cc1ccc(N2N=C(c3ccccc3)SC(c3ccccc3)=N2)cc1. The van der Waals surface area contributed by atoms with E-state index >= 15 is 0 Å². The number of aryl methyl sites for hydroxylation is 1. The third-order valence-corrected chi connectivity index (χ3v) is 4.89. The lowest BCUT2D eigenvalue weighted by atomic mass is 10.2. The molecule has 0 atom stereocenters. The Hall–Kier alpha value is -2.85. The summed E-state index contributed by atoms with van der Waals surface area (Å²) in [4.78, 5) is 0. The molecule has 3 aromatic rings. The highest BCUT2D eigenvalue weighted by atomic mass is 32.2. The van der Waals surface area contributed by atoms with Crippen LogP contribution in [-0.2, 0) is 0 Å². The van der Waals surface area contributed by atoms with Crippen LogP contribution in [0.5, 0.6) is 0 Å². The van der Waals surface area contributed by atoms with Crippen molar-refractivity contribution < 1.29 is 0 Å². The lowest BCUT2D eigenvalue weighted by Gasteiger charge is -2.22. The second-order valence-corrected chi connectivity index (χ2v) is 6.75. The van der Waals surface area contributed by atoms with Gasteiger partial charge >= 0.3 is 0 Å². The maximum absolute atomic E-state index is 4.75. The van der Waals surface area contributed by atoms with E-state index in [1.165, 1.54) is 5.56 Å². The zero-order valence-electron chi connectivity index (χ0n) is 13.8. The molecule has 0 saturated heterocycles. The Bertz CT molecular complexity index is 861. The molecule has 4 rings (SSSR count). The Kier molecular flexibility index (Phi) is 4.36. The molecule has 0 aliphatic carbocycles. The topological polar surface area (TPSA) is 28.0 Å². The fourth-order valence-corrected chi connectivity index (χ4v) is 3.44. The van der Waals surface area contributed by atoms with Gasteiger partial charge in [0.05, 0.1) is 5.69 Å². The Morgan fingerprint density at radius 2 is 1.12 bits per heavy atom. The van der Waals surface area contributed by atoms with Crippen molar-refractivity contribution in [2.75, 3.05) is 5.12 Å². The summed E-state index contributed by atoms with van der Waals surface area (Å²) in [7, 11) is 0. The minimum atomic E-state index is 0.940. The molecule has 4 heteroatoms. The van der Waals surface area contributed by atoms with Crippen LogP contribution in [0.3, 0.4) is 0 Å². The average molecular weight is 343 g/mol. The highest BCUT2D eigenvalue weighted by molar-refractivity contribution is 8.27. The van der Waals surface area contributed by atoms with E-state index in [0.717, 1.165) is 26.9 Å². The van der Waals surface area contributed by atoms with E-state index in [4.69, 9.17) is 10.2 Å². The van der Waals surface area contributed by atoms with Gasteiger partial charge in [-0.3, -0.25) is 0 Å². The number of hydrazone groups is 2. The number of benzene rings is 3. The van der Waals surface area contributed by atoms with Crippen LogP contribution >= 0.6 is 11.8 Å². The van der Waals surface area contributed by atoms with Crippen LogP contribution in [0.2, 0.25) is 0 Å². The van der Waals surface area contributed by atoms with Crippen molar-refractivity contribution in [2.24, 2.45) is 10.2 Å². The molecule has 25 heavy (non-hydrogen) atoms. The Morgan fingerprint density at radius 3 is 1.60 bits per heavy atom. The second-order valence-electron chi connectivity index (χ2n) is 5.77. The zero-order chi connectivity index (χ0) is 17.1. The number of thioether (sulfide) groups is 1. The first-order chi connectivity index (χ1) is 12.3. The van der Waals surface area contributed by atoms with Gasteiger partial charge in [0.15, 0.2) is 0 Å². The minimum absolute atomic E-state index is 0.940. The van der Waals surface area contributed by atoms with Crippen LogP contribution in [-0.4, -0.2) is 10.1 Å². The molecule has 0 saturated carbocycles. The van der Waals surface area contributed by atoms with E-state index in [1.54, 1.807) is 16.9 Å². The second kappa shape index (κ2) is 6.95. The van der Waals surface area contributed by atoms with Crippen LogP contribution in [0.1, 0.15) is 16.7 Å². The van der Waals surface area contributed by atoms with Crippen molar-refractivity contribution in [3.63, 3.8) is 0 Å². The fourth-order valence-electron chi connectivity index (χ4n) is 2.52. The van der Waals surface area contributed by atoms with Crippen LogP contribution < -0.4 is 5.12 Å². The molecule has 3 nitrogen and oxygen atoms in total. The van der Waals surface area contributed by atoms with Crippen LogP contribution in [0.15, 0.2) is 95.1 Å². The Balaban J connectivity index is 1.78. The van der Waals surface area contributed by atoms with Gasteiger partial charge < -0.3 is 0 Å². The van der Waals surface area contributed by atoms with Gasteiger partial charge in [0.1, 0.15) is 10.1 Å². The lowest BCUT2D eigenvalue weighted by molar-refractivity contribution is 0.930. The monoisotopic (exact) mass is 343 g/mol. The first-order valence-corrected chi connectivity index (χ1v) is 8.94. The summed E-state index contributed by atoms with van der Waals surface area (Å²) >= 11 is 1.60. The van der Waals surface area contributed by atoms with Gasteiger partial charge in [-0.2, -0.15) is 0 Å². The maximum atomic E-state index is 4.75. The van der Waals surface area contributed by atoms with Crippen molar-refractivity contribution in [1.82, 2.24) is 0 Å². The summed E-state index contributed by atoms with van der Waals surface area (Å²) in [6.07, 6.45) is 0. The van der Waals surface area contributed by atoms with Crippen molar-refractivity contribution in [2.45, 2.75) is 6.92 Å². The van der Waals surface area contributed by atoms with E-state index in [1.807, 2.05) is 48.5 Å². The molecule has 1 heterocycles. The smallest absolute Gasteiger partial charge is 0.132 e. The summed E-state index contributed by atoms with van der Waals surface area (Å²) < 4.78 is 0. The van der Waals surface area contributed by atoms with Crippen molar-refractivity contribution in [3.05, 3.63) is 102 Å². The van der Waals surface area contributed by atoms with E-state index in [-0.39, 0.29) is 0 Å². The Labute approximate surface area is 151 Å². The molecule has 0 aromatic heterocycles. The normalized spacial score (nSPS) is 14.0. The van der Waals surface area contributed by atoms with Gasteiger partial charge in [-0.05, 0) is 30.8 Å². The number of nitrogens with zero attached hydrogens (tertiary/aromatic N) is 3. The summed E-state index contributed by atoms with van der Waals surface area (Å²) in [6.45, 7) is 2.08. The predicted octanol–water partition coefficient (Wildman–Crippen LogP) is 5.27. The third kappa shape index (κ3) is 3.49. The molecular weight excluding hydrogens is 326 g/mol. The number of hydrogen-bond donors (Lipinski definition) is 0. The van der Waals surface area contributed by atoms with Crippen LogP contribution in [0.25, 0.3) is 0 Å². The first kappa shape index (κ1) is 15.7.